The Morgan fingerprint density at radius 1 is 1.08 bits per heavy atom. The van der Waals surface area contributed by atoms with Gasteiger partial charge in [0.2, 0.25) is 5.91 Å². The van der Waals surface area contributed by atoms with E-state index in [4.69, 9.17) is 15.2 Å². The van der Waals surface area contributed by atoms with Crippen LogP contribution < -0.4 is 20.5 Å². The molecular formula is C19H25ClN2O3. The fourth-order valence-electron chi connectivity index (χ4n) is 2.40. The molecule has 3 N–H and O–H groups in total. The highest BCUT2D eigenvalue weighted by atomic mass is 35.5. The third-order valence-corrected chi connectivity index (χ3v) is 3.80. The molecule has 2 rings (SSSR count). The van der Waals surface area contributed by atoms with Gasteiger partial charge in [-0.25, -0.2) is 0 Å². The summed E-state index contributed by atoms with van der Waals surface area (Å²) in [5.41, 5.74) is 8.08. The maximum atomic E-state index is 12.0. The molecule has 0 bridgehead atoms. The molecule has 2 aromatic carbocycles. The standard InChI is InChI=1S/C19H24N2O3.ClH/c1-23-16-10-14(11-17(12-16)24-2)8-9-19(22)21-13-18(20)15-6-4-3-5-7-15;/h3-7,10-12,18H,8-9,13,20H2,1-2H3,(H,21,22);1H. The molecule has 0 heterocycles. The lowest BCUT2D eigenvalue weighted by Gasteiger charge is -2.13. The molecule has 25 heavy (non-hydrogen) atoms. The van der Waals surface area contributed by atoms with Crippen molar-refractivity contribution in [3.63, 3.8) is 0 Å². The molecule has 0 spiro atoms. The Kier molecular flexibility index (Phi) is 8.81. The highest BCUT2D eigenvalue weighted by molar-refractivity contribution is 5.85. The van der Waals surface area contributed by atoms with E-state index in [1.807, 2.05) is 48.5 Å². The van der Waals surface area contributed by atoms with E-state index in [2.05, 4.69) is 5.32 Å². The first-order chi connectivity index (χ1) is 11.6. The van der Waals surface area contributed by atoms with Crippen molar-refractivity contribution in [3.05, 3.63) is 59.7 Å². The van der Waals surface area contributed by atoms with Crippen LogP contribution in [-0.4, -0.2) is 26.7 Å². The molecule has 0 radical (unpaired) electrons. The molecule has 136 valence electrons. The van der Waals surface area contributed by atoms with Crippen LogP contribution in [0.3, 0.4) is 0 Å². The van der Waals surface area contributed by atoms with Crippen LogP contribution in [0.4, 0.5) is 0 Å². The summed E-state index contributed by atoms with van der Waals surface area (Å²) in [7, 11) is 3.21. The number of amides is 1. The number of aryl methyl sites for hydroxylation is 1. The molecule has 0 fully saturated rings. The fourth-order valence-corrected chi connectivity index (χ4v) is 2.40. The van der Waals surface area contributed by atoms with Crippen LogP contribution in [0.15, 0.2) is 48.5 Å². The fraction of sp³-hybridized carbons (Fsp3) is 0.316. The third-order valence-electron chi connectivity index (χ3n) is 3.80. The van der Waals surface area contributed by atoms with Crippen molar-refractivity contribution in [2.45, 2.75) is 18.9 Å². The number of nitrogens with two attached hydrogens (primary N) is 1. The van der Waals surface area contributed by atoms with E-state index in [-0.39, 0.29) is 24.4 Å². The maximum absolute atomic E-state index is 12.0. The number of rotatable bonds is 8. The molecule has 1 amide bonds. The summed E-state index contributed by atoms with van der Waals surface area (Å²) in [5, 5.41) is 2.88. The first-order valence-corrected chi connectivity index (χ1v) is 7.91. The molecule has 1 unspecified atom stereocenters. The van der Waals surface area contributed by atoms with Crippen molar-refractivity contribution in [2.75, 3.05) is 20.8 Å². The Bertz CT molecular complexity index is 643. The third kappa shape index (κ3) is 6.64. The lowest BCUT2D eigenvalue weighted by molar-refractivity contribution is -0.121. The molecule has 2 aromatic rings. The largest absolute Gasteiger partial charge is 0.497 e. The minimum absolute atomic E-state index is 0. The van der Waals surface area contributed by atoms with Gasteiger partial charge in [-0.2, -0.15) is 0 Å². The van der Waals surface area contributed by atoms with Crippen molar-refractivity contribution in [3.8, 4) is 11.5 Å². The van der Waals surface area contributed by atoms with Gasteiger partial charge in [-0.05, 0) is 29.7 Å². The van der Waals surface area contributed by atoms with Crippen LogP contribution in [0, 0.1) is 0 Å². The van der Waals surface area contributed by atoms with Gasteiger partial charge in [-0.3, -0.25) is 4.79 Å². The summed E-state index contributed by atoms with van der Waals surface area (Å²) < 4.78 is 10.5. The number of carbonyl (C=O) groups excluding carboxylic acids is 1. The van der Waals surface area contributed by atoms with Gasteiger partial charge in [0.15, 0.2) is 0 Å². The Morgan fingerprint density at radius 2 is 1.68 bits per heavy atom. The summed E-state index contributed by atoms with van der Waals surface area (Å²) in [4.78, 5) is 12.0. The molecule has 0 aliphatic heterocycles. The van der Waals surface area contributed by atoms with Crippen LogP contribution in [0.1, 0.15) is 23.6 Å². The summed E-state index contributed by atoms with van der Waals surface area (Å²) in [6.07, 6.45) is 0.998. The van der Waals surface area contributed by atoms with Gasteiger partial charge in [0.05, 0.1) is 14.2 Å². The molecule has 0 aromatic heterocycles. The number of hydrogen-bond acceptors (Lipinski definition) is 4. The summed E-state index contributed by atoms with van der Waals surface area (Å²) in [6.45, 7) is 0.421. The molecule has 0 aliphatic rings. The summed E-state index contributed by atoms with van der Waals surface area (Å²) >= 11 is 0. The molecule has 6 heteroatoms. The number of methoxy groups -OCH3 is 2. The van der Waals surface area contributed by atoms with Gasteiger partial charge in [0.1, 0.15) is 11.5 Å². The topological polar surface area (TPSA) is 73.6 Å². The van der Waals surface area contributed by atoms with E-state index in [0.29, 0.717) is 19.4 Å². The molecule has 0 saturated heterocycles. The highest BCUT2D eigenvalue weighted by Crippen LogP contribution is 2.23. The average Bonchev–Trinajstić information content (AvgIpc) is 2.64. The molecule has 0 aliphatic carbocycles. The van der Waals surface area contributed by atoms with Crippen molar-refractivity contribution in [1.29, 1.82) is 0 Å². The second-order valence-corrected chi connectivity index (χ2v) is 5.54. The van der Waals surface area contributed by atoms with Gasteiger partial charge >= 0.3 is 0 Å². The van der Waals surface area contributed by atoms with E-state index in [0.717, 1.165) is 22.6 Å². The molecule has 5 nitrogen and oxygen atoms in total. The average molecular weight is 365 g/mol. The van der Waals surface area contributed by atoms with Gasteiger partial charge in [0, 0.05) is 25.1 Å². The zero-order chi connectivity index (χ0) is 17.4. The van der Waals surface area contributed by atoms with E-state index in [9.17, 15) is 4.79 Å². The lowest BCUT2D eigenvalue weighted by atomic mass is 10.1. The number of nitrogens with one attached hydrogen (secondary N) is 1. The Balaban J connectivity index is 0.00000312. The van der Waals surface area contributed by atoms with Crippen LogP contribution in [-0.2, 0) is 11.2 Å². The lowest BCUT2D eigenvalue weighted by Crippen LogP contribution is -2.32. The van der Waals surface area contributed by atoms with Crippen LogP contribution in [0.25, 0.3) is 0 Å². The SMILES string of the molecule is COc1cc(CCC(=O)NCC(N)c2ccccc2)cc(OC)c1.Cl. The van der Waals surface area contributed by atoms with Crippen LogP contribution in [0.2, 0.25) is 0 Å². The maximum Gasteiger partial charge on any atom is 0.220 e. The summed E-state index contributed by atoms with van der Waals surface area (Å²) in [5.74, 6) is 1.41. The highest BCUT2D eigenvalue weighted by Gasteiger charge is 2.09. The Morgan fingerprint density at radius 3 is 2.24 bits per heavy atom. The number of carbonyl (C=O) groups is 1. The smallest absolute Gasteiger partial charge is 0.220 e. The van der Waals surface area contributed by atoms with E-state index < -0.39 is 0 Å². The monoisotopic (exact) mass is 364 g/mol. The normalized spacial score (nSPS) is 11.2. The van der Waals surface area contributed by atoms with Crippen LogP contribution in [0.5, 0.6) is 11.5 Å². The number of hydrogen-bond donors (Lipinski definition) is 2. The molecular weight excluding hydrogens is 340 g/mol. The molecule has 0 saturated carbocycles. The van der Waals surface area contributed by atoms with Gasteiger partial charge < -0.3 is 20.5 Å². The first kappa shape index (κ1) is 20.8. The number of ether oxygens (including phenoxy) is 2. The van der Waals surface area contributed by atoms with E-state index in [1.54, 1.807) is 14.2 Å². The van der Waals surface area contributed by atoms with Gasteiger partial charge in [0.25, 0.3) is 0 Å². The van der Waals surface area contributed by atoms with Crippen molar-refractivity contribution in [2.24, 2.45) is 5.73 Å². The van der Waals surface area contributed by atoms with E-state index >= 15 is 0 Å². The Hall–Kier alpha value is -2.24. The van der Waals surface area contributed by atoms with Crippen molar-refractivity contribution < 1.29 is 14.3 Å². The predicted molar refractivity (Wildman–Crippen MR) is 101 cm³/mol. The van der Waals surface area contributed by atoms with Crippen LogP contribution >= 0.6 is 12.4 Å². The van der Waals surface area contributed by atoms with Gasteiger partial charge in [-0.1, -0.05) is 30.3 Å². The van der Waals surface area contributed by atoms with Crippen molar-refractivity contribution in [1.82, 2.24) is 5.32 Å². The zero-order valence-electron chi connectivity index (χ0n) is 14.5. The minimum Gasteiger partial charge on any atom is -0.497 e. The Labute approximate surface area is 154 Å². The molecule has 1 atom stereocenters. The quantitative estimate of drug-likeness (QED) is 0.755. The zero-order valence-corrected chi connectivity index (χ0v) is 15.3. The van der Waals surface area contributed by atoms with Crippen molar-refractivity contribution >= 4 is 18.3 Å². The second-order valence-electron chi connectivity index (χ2n) is 5.54. The predicted octanol–water partition coefficient (Wildman–Crippen LogP) is 2.87. The number of benzene rings is 2. The summed E-state index contributed by atoms with van der Waals surface area (Å²) in [6, 6.07) is 15.2. The number of halogens is 1. The minimum atomic E-state index is -0.202. The second kappa shape index (κ2) is 10.6. The van der Waals surface area contributed by atoms with E-state index in [1.165, 1.54) is 0 Å². The van der Waals surface area contributed by atoms with Gasteiger partial charge in [-0.15, -0.1) is 12.4 Å². The first-order valence-electron chi connectivity index (χ1n) is 7.91.